The van der Waals surface area contributed by atoms with Gasteiger partial charge in [-0.25, -0.2) is 8.42 Å². The van der Waals surface area contributed by atoms with Crippen LogP contribution in [0.2, 0.25) is 5.02 Å². The summed E-state index contributed by atoms with van der Waals surface area (Å²) in [5, 5.41) is 5.97. The second-order valence-corrected chi connectivity index (χ2v) is 13.9. The van der Waals surface area contributed by atoms with Gasteiger partial charge < -0.3 is 20.3 Å². The first-order chi connectivity index (χ1) is 21.3. The maximum absolute atomic E-state index is 14.1. The molecule has 2 N–H and O–H groups in total. The average molecular weight is 669 g/mol. The zero-order valence-electron chi connectivity index (χ0n) is 24.8. The van der Waals surface area contributed by atoms with Gasteiger partial charge in [-0.2, -0.15) is 13.2 Å². The quantitative estimate of drug-likeness (QED) is 0.430. The number of hydrogen-bond acceptors (Lipinski definition) is 6. The number of carbonyl (C=O) groups is 2. The number of sulfonamides is 1. The first kappa shape index (κ1) is 33.2. The highest BCUT2D eigenvalue weighted by atomic mass is 35.5. The molecule has 3 aliphatic rings. The molecule has 0 saturated carbocycles. The third kappa shape index (κ3) is 7.16. The van der Waals surface area contributed by atoms with Crippen LogP contribution in [0.4, 0.5) is 18.9 Å². The van der Waals surface area contributed by atoms with E-state index in [1.807, 2.05) is 4.90 Å². The smallest absolute Gasteiger partial charge is 0.372 e. The topological polar surface area (TPSA) is 108 Å². The summed E-state index contributed by atoms with van der Waals surface area (Å²) in [7, 11) is -4.56. The van der Waals surface area contributed by atoms with Crippen LogP contribution >= 0.6 is 11.6 Å². The van der Waals surface area contributed by atoms with Crippen molar-refractivity contribution in [2.45, 2.75) is 55.8 Å². The normalized spacial score (nSPS) is 25.3. The molecule has 4 bridgehead atoms. The van der Waals surface area contributed by atoms with Gasteiger partial charge in [-0.15, -0.1) is 0 Å². The number of morpholine rings is 1. The van der Waals surface area contributed by atoms with E-state index in [4.69, 9.17) is 16.3 Å². The second-order valence-electron chi connectivity index (χ2n) is 11.7. The summed E-state index contributed by atoms with van der Waals surface area (Å²) >= 11 is 6.35. The molecule has 2 unspecified atom stereocenters. The van der Waals surface area contributed by atoms with Crippen molar-refractivity contribution in [2.75, 3.05) is 43.6 Å². The number of hydrogen-bond donors (Lipinski definition) is 2. The summed E-state index contributed by atoms with van der Waals surface area (Å²) < 4.78 is 75.8. The van der Waals surface area contributed by atoms with E-state index in [0.29, 0.717) is 58.5 Å². The number of ether oxygens (including phenoxy) is 1. The SMILES string of the molecule is CC1NC(=O)c2ccc(Cl)c(c2)S(=O)(=O)N(c2cccc(C(F)(F)F)c2)C/C=C\CCC2(CCNCC2)C(=O)N2CCOC1C2. The molecular formula is C31H36ClF3N4O5S. The lowest BCUT2D eigenvalue weighted by Gasteiger charge is -2.43. The van der Waals surface area contributed by atoms with Gasteiger partial charge in [0.15, 0.2) is 0 Å². The number of halogens is 4. The van der Waals surface area contributed by atoms with Gasteiger partial charge in [0.2, 0.25) is 5.91 Å². The number of anilines is 1. The van der Waals surface area contributed by atoms with Crippen molar-refractivity contribution in [3.8, 4) is 0 Å². The van der Waals surface area contributed by atoms with E-state index in [9.17, 15) is 31.2 Å². The predicted octanol–water partition coefficient (Wildman–Crippen LogP) is 4.62. The highest BCUT2D eigenvalue weighted by molar-refractivity contribution is 7.93. The Hall–Kier alpha value is -3.13. The fraction of sp³-hybridized carbons (Fsp3) is 0.484. The average Bonchev–Trinajstić information content (AvgIpc) is 3.02. The molecule has 244 valence electrons. The number of nitrogens with one attached hydrogen (secondary N) is 2. The van der Waals surface area contributed by atoms with Gasteiger partial charge in [-0.1, -0.05) is 29.8 Å². The van der Waals surface area contributed by atoms with Crippen molar-refractivity contribution in [3.63, 3.8) is 0 Å². The molecule has 9 nitrogen and oxygen atoms in total. The van der Waals surface area contributed by atoms with Crippen molar-refractivity contribution < 1.29 is 35.9 Å². The molecule has 0 aliphatic carbocycles. The highest BCUT2D eigenvalue weighted by Crippen LogP contribution is 2.38. The summed E-state index contributed by atoms with van der Waals surface area (Å²) in [5.74, 6) is -0.565. The van der Waals surface area contributed by atoms with Gasteiger partial charge in [0.05, 0.1) is 47.0 Å². The molecule has 2 atom stereocenters. The molecule has 45 heavy (non-hydrogen) atoms. The molecule has 2 saturated heterocycles. The van der Waals surface area contributed by atoms with Crippen molar-refractivity contribution in [1.29, 1.82) is 0 Å². The van der Waals surface area contributed by atoms with E-state index in [2.05, 4.69) is 10.6 Å². The number of fused-ring (bicyclic) bond motifs is 4. The Morgan fingerprint density at radius 2 is 1.80 bits per heavy atom. The number of allylic oxidation sites excluding steroid dienone is 1. The number of alkyl halides is 3. The van der Waals surface area contributed by atoms with Gasteiger partial charge in [0, 0.05) is 18.7 Å². The molecule has 3 heterocycles. The Bertz CT molecular complexity index is 1560. The van der Waals surface area contributed by atoms with E-state index < -0.39 is 50.1 Å². The van der Waals surface area contributed by atoms with Crippen molar-refractivity contribution >= 4 is 39.1 Å². The van der Waals surface area contributed by atoms with Gasteiger partial charge in [0.25, 0.3) is 15.9 Å². The Kier molecular flexibility index (Phi) is 9.83. The molecule has 14 heteroatoms. The number of amides is 2. The Morgan fingerprint density at radius 3 is 2.53 bits per heavy atom. The van der Waals surface area contributed by atoms with E-state index in [-0.39, 0.29) is 28.7 Å². The van der Waals surface area contributed by atoms with Crippen LogP contribution in [0.5, 0.6) is 0 Å². The highest BCUT2D eigenvalue weighted by Gasteiger charge is 2.43. The maximum Gasteiger partial charge on any atom is 0.416 e. The van der Waals surface area contributed by atoms with Crippen LogP contribution in [0, 0.1) is 5.41 Å². The summed E-state index contributed by atoms with van der Waals surface area (Å²) in [6.45, 7) is 3.86. The standard InChI is InChI=1S/C31H36ClF3N4O5S/c1-21-26-20-38(16-17-44-26)29(41)30(11-13-36-14-12-30)10-3-2-4-15-39(24-7-5-6-23(19-24)31(33,34)35)45(42,43)27-18-22(28(40)37-21)8-9-25(27)32/h2,4-9,18-19,21,26,36H,3,10-17,20H2,1H3,(H,37,40)/b4-2-. The summed E-state index contributed by atoms with van der Waals surface area (Å²) in [6, 6.07) is 7.25. The minimum Gasteiger partial charge on any atom is -0.372 e. The molecule has 5 rings (SSSR count). The minimum absolute atomic E-state index is 0.0112. The number of rotatable bonds is 1. The zero-order valence-corrected chi connectivity index (χ0v) is 26.4. The lowest BCUT2D eigenvalue weighted by molar-refractivity contribution is -0.152. The monoisotopic (exact) mass is 668 g/mol. The van der Waals surface area contributed by atoms with Crippen molar-refractivity contribution in [3.05, 3.63) is 70.8 Å². The third-order valence-corrected chi connectivity index (χ3v) is 11.0. The first-order valence-electron chi connectivity index (χ1n) is 14.9. The number of carbonyl (C=O) groups excluding carboxylic acids is 2. The molecular weight excluding hydrogens is 633 g/mol. The molecule has 0 radical (unpaired) electrons. The fourth-order valence-corrected chi connectivity index (χ4v) is 8.06. The van der Waals surface area contributed by atoms with Crippen LogP contribution in [-0.2, 0) is 25.7 Å². The van der Waals surface area contributed by atoms with Crippen LogP contribution in [0.1, 0.15) is 48.5 Å². The number of benzene rings is 2. The maximum atomic E-state index is 14.1. The van der Waals surface area contributed by atoms with E-state index >= 15 is 0 Å². The molecule has 2 fully saturated rings. The van der Waals surface area contributed by atoms with Crippen LogP contribution in [0.15, 0.2) is 59.5 Å². The van der Waals surface area contributed by atoms with E-state index in [1.54, 1.807) is 19.1 Å². The Balaban J connectivity index is 1.57. The summed E-state index contributed by atoms with van der Waals surface area (Å²) in [5.41, 5.74) is -1.87. The fourth-order valence-electron chi connectivity index (χ4n) is 6.15. The van der Waals surface area contributed by atoms with E-state index in [0.717, 1.165) is 28.6 Å². The molecule has 2 aromatic carbocycles. The summed E-state index contributed by atoms with van der Waals surface area (Å²) in [4.78, 5) is 28.8. The molecule has 2 amide bonds. The van der Waals surface area contributed by atoms with Gasteiger partial charge in [-0.3, -0.25) is 13.9 Å². The van der Waals surface area contributed by atoms with Gasteiger partial charge >= 0.3 is 6.18 Å². The summed E-state index contributed by atoms with van der Waals surface area (Å²) in [6.07, 6.45) is 0.366. The second kappa shape index (κ2) is 13.3. The van der Waals surface area contributed by atoms with Crippen LogP contribution < -0.4 is 14.9 Å². The molecule has 1 spiro atoms. The number of nitrogens with zero attached hydrogens (tertiary/aromatic N) is 2. The van der Waals surface area contributed by atoms with Crippen molar-refractivity contribution in [1.82, 2.24) is 15.5 Å². The predicted molar refractivity (Wildman–Crippen MR) is 164 cm³/mol. The third-order valence-electron chi connectivity index (χ3n) is 8.76. The minimum atomic E-state index is -4.70. The molecule has 0 aromatic heterocycles. The lowest BCUT2D eigenvalue weighted by Crippen LogP contribution is -2.57. The Labute approximate surface area is 265 Å². The molecule has 2 aromatic rings. The van der Waals surface area contributed by atoms with Gasteiger partial charge in [0.1, 0.15) is 4.90 Å². The van der Waals surface area contributed by atoms with Crippen molar-refractivity contribution in [2.24, 2.45) is 5.41 Å². The van der Waals surface area contributed by atoms with Gasteiger partial charge in [-0.05, 0) is 82.1 Å². The Morgan fingerprint density at radius 1 is 1.04 bits per heavy atom. The van der Waals surface area contributed by atoms with Crippen LogP contribution in [0.3, 0.4) is 0 Å². The first-order valence-corrected chi connectivity index (χ1v) is 16.7. The largest absolute Gasteiger partial charge is 0.416 e. The van der Waals surface area contributed by atoms with Crippen LogP contribution in [0.25, 0.3) is 0 Å². The number of piperidine rings is 1. The van der Waals surface area contributed by atoms with Crippen LogP contribution in [-0.4, -0.2) is 76.6 Å². The lowest BCUT2D eigenvalue weighted by atomic mass is 9.73. The molecule has 3 aliphatic heterocycles. The zero-order chi connectivity index (χ0) is 32.4. The van der Waals surface area contributed by atoms with E-state index in [1.165, 1.54) is 18.2 Å².